The van der Waals surface area contributed by atoms with Crippen LogP contribution in [0.2, 0.25) is 0 Å². The van der Waals surface area contributed by atoms with E-state index in [9.17, 15) is 0 Å². The van der Waals surface area contributed by atoms with Crippen LogP contribution in [0.5, 0.6) is 0 Å². The zero-order chi connectivity index (χ0) is 9.68. The molecule has 1 heterocycles. The summed E-state index contributed by atoms with van der Waals surface area (Å²) in [6, 6.07) is 0. The van der Waals surface area contributed by atoms with Gasteiger partial charge >= 0.3 is 0 Å². The number of rotatable bonds is 5. The van der Waals surface area contributed by atoms with Crippen LogP contribution in [0.15, 0.2) is 0 Å². The van der Waals surface area contributed by atoms with Crippen molar-refractivity contribution in [2.75, 3.05) is 6.54 Å². The van der Waals surface area contributed by atoms with Gasteiger partial charge in [0, 0.05) is 5.92 Å². The summed E-state index contributed by atoms with van der Waals surface area (Å²) >= 11 is 0. The summed E-state index contributed by atoms with van der Waals surface area (Å²) in [6.07, 6.45) is 1.14. The SMILES string of the molecule is CCCNCc1nc(C(C)C)n[nH]1. The van der Waals surface area contributed by atoms with Gasteiger partial charge in [0.15, 0.2) is 5.82 Å². The van der Waals surface area contributed by atoms with Crippen molar-refractivity contribution in [2.45, 2.75) is 39.7 Å². The molecule has 0 saturated heterocycles. The number of nitrogens with zero attached hydrogens (tertiary/aromatic N) is 2. The highest BCUT2D eigenvalue weighted by Gasteiger charge is 2.05. The fraction of sp³-hybridized carbons (Fsp3) is 0.778. The van der Waals surface area contributed by atoms with E-state index in [1.54, 1.807) is 0 Å². The lowest BCUT2D eigenvalue weighted by molar-refractivity contribution is 0.651. The molecule has 4 nitrogen and oxygen atoms in total. The summed E-state index contributed by atoms with van der Waals surface area (Å²) in [6.45, 7) is 8.14. The van der Waals surface area contributed by atoms with Gasteiger partial charge in [-0.1, -0.05) is 20.8 Å². The zero-order valence-electron chi connectivity index (χ0n) is 8.59. The van der Waals surface area contributed by atoms with Crippen molar-refractivity contribution in [1.82, 2.24) is 20.5 Å². The number of hydrogen-bond acceptors (Lipinski definition) is 3. The summed E-state index contributed by atoms with van der Waals surface area (Å²) in [7, 11) is 0. The Labute approximate surface area is 79.2 Å². The van der Waals surface area contributed by atoms with Gasteiger partial charge in [0.2, 0.25) is 0 Å². The fourth-order valence-corrected chi connectivity index (χ4v) is 1.03. The molecule has 0 radical (unpaired) electrons. The van der Waals surface area contributed by atoms with Crippen LogP contribution in [0, 0.1) is 0 Å². The lowest BCUT2D eigenvalue weighted by atomic mass is 10.2. The monoisotopic (exact) mass is 182 g/mol. The molecule has 0 bridgehead atoms. The highest BCUT2D eigenvalue weighted by Crippen LogP contribution is 2.06. The predicted octanol–water partition coefficient (Wildman–Crippen LogP) is 1.43. The quantitative estimate of drug-likeness (QED) is 0.677. The molecule has 0 saturated carbocycles. The molecular weight excluding hydrogens is 164 g/mol. The molecule has 0 amide bonds. The topological polar surface area (TPSA) is 53.6 Å². The highest BCUT2D eigenvalue weighted by atomic mass is 15.2. The molecule has 0 aromatic carbocycles. The molecule has 74 valence electrons. The molecule has 0 fully saturated rings. The van der Waals surface area contributed by atoms with Gasteiger partial charge in [-0.15, -0.1) is 0 Å². The van der Waals surface area contributed by atoms with Crippen molar-refractivity contribution in [2.24, 2.45) is 0 Å². The molecule has 1 aromatic heterocycles. The first-order chi connectivity index (χ1) is 6.24. The van der Waals surface area contributed by atoms with Crippen molar-refractivity contribution in [1.29, 1.82) is 0 Å². The van der Waals surface area contributed by atoms with E-state index in [0.717, 1.165) is 31.2 Å². The van der Waals surface area contributed by atoms with E-state index in [-0.39, 0.29) is 0 Å². The average Bonchev–Trinajstić information content (AvgIpc) is 2.53. The first kappa shape index (κ1) is 10.2. The molecule has 0 atom stereocenters. The molecule has 1 aromatic rings. The second-order valence-electron chi connectivity index (χ2n) is 3.47. The fourth-order valence-electron chi connectivity index (χ4n) is 1.03. The second-order valence-corrected chi connectivity index (χ2v) is 3.47. The summed E-state index contributed by atoms with van der Waals surface area (Å²) in [5.74, 6) is 2.22. The average molecular weight is 182 g/mol. The third-order valence-corrected chi connectivity index (χ3v) is 1.78. The zero-order valence-corrected chi connectivity index (χ0v) is 8.59. The number of aromatic amines is 1. The van der Waals surface area contributed by atoms with Crippen LogP contribution in [0.4, 0.5) is 0 Å². The number of H-pyrrole nitrogens is 1. The van der Waals surface area contributed by atoms with Crippen LogP contribution >= 0.6 is 0 Å². The third-order valence-electron chi connectivity index (χ3n) is 1.78. The first-order valence-corrected chi connectivity index (χ1v) is 4.86. The number of hydrogen-bond donors (Lipinski definition) is 2. The van der Waals surface area contributed by atoms with Gasteiger partial charge < -0.3 is 5.32 Å². The van der Waals surface area contributed by atoms with E-state index >= 15 is 0 Å². The highest BCUT2D eigenvalue weighted by molar-refractivity contribution is 4.94. The van der Waals surface area contributed by atoms with E-state index in [1.165, 1.54) is 0 Å². The Morgan fingerprint density at radius 2 is 2.23 bits per heavy atom. The van der Waals surface area contributed by atoms with Crippen molar-refractivity contribution in [3.8, 4) is 0 Å². The van der Waals surface area contributed by atoms with Gasteiger partial charge in [-0.3, -0.25) is 5.10 Å². The first-order valence-electron chi connectivity index (χ1n) is 4.86. The van der Waals surface area contributed by atoms with Gasteiger partial charge in [-0.2, -0.15) is 5.10 Å². The van der Waals surface area contributed by atoms with Crippen molar-refractivity contribution >= 4 is 0 Å². The van der Waals surface area contributed by atoms with E-state index < -0.39 is 0 Å². The van der Waals surface area contributed by atoms with Crippen LogP contribution in [0.1, 0.15) is 44.8 Å². The lowest BCUT2D eigenvalue weighted by Crippen LogP contribution is -2.14. The Morgan fingerprint density at radius 1 is 1.46 bits per heavy atom. The van der Waals surface area contributed by atoms with Crippen LogP contribution in [0.25, 0.3) is 0 Å². The maximum Gasteiger partial charge on any atom is 0.153 e. The third kappa shape index (κ3) is 3.14. The predicted molar refractivity (Wildman–Crippen MR) is 52.5 cm³/mol. The molecule has 2 N–H and O–H groups in total. The Bertz CT molecular complexity index is 242. The van der Waals surface area contributed by atoms with E-state index in [4.69, 9.17) is 0 Å². The molecule has 0 unspecified atom stereocenters. The maximum absolute atomic E-state index is 4.35. The molecule has 4 heteroatoms. The lowest BCUT2D eigenvalue weighted by Gasteiger charge is -1.97. The van der Waals surface area contributed by atoms with Crippen LogP contribution < -0.4 is 5.32 Å². The van der Waals surface area contributed by atoms with Crippen molar-refractivity contribution in [3.05, 3.63) is 11.6 Å². The summed E-state index contributed by atoms with van der Waals surface area (Å²) in [5, 5.41) is 10.3. The summed E-state index contributed by atoms with van der Waals surface area (Å²) in [4.78, 5) is 4.35. The van der Waals surface area contributed by atoms with E-state index in [1.807, 2.05) is 0 Å². The Hall–Kier alpha value is -0.900. The summed E-state index contributed by atoms with van der Waals surface area (Å²) < 4.78 is 0. The Balaban J connectivity index is 2.40. The minimum absolute atomic E-state index is 0.399. The van der Waals surface area contributed by atoms with Crippen LogP contribution in [0.3, 0.4) is 0 Å². The molecule has 1 rings (SSSR count). The van der Waals surface area contributed by atoms with E-state index in [0.29, 0.717) is 5.92 Å². The minimum atomic E-state index is 0.399. The molecule has 0 spiro atoms. The molecule has 13 heavy (non-hydrogen) atoms. The van der Waals surface area contributed by atoms with Crippen molar-refractivity contribution in [3.63, 3.8) is 0 Å². The second kappa shape index (κ2) is 4.97. The maximum atomic E-state index is 4.35. The van der Waals surface area contributed by atoms with Gasteiger partial charge in [-0.05, 0) is 13.0 Å². The Kier molecular flexibility index (Phi) is 3.89. The minimum Gasteiger partial charge on any atom is -0.310 e. The standard InChI is InChI=1S/C9H18N4/c1-4-5-10-6-8-11-9(7(2)3)13-12-8/h7,10H,4-6H2,1-3H3,(H,11,12,13). The largest absolute Gasteiger partial charge is 0.310 e. The Morgan fingerprint density at radius 3 is 2.77 bits per heavy atom. The molecular formula is C9H18N4. The van der Waals surface area contributed by atoms with Gasteiger partial charge in [0.25, 0.3) is 0 Å². The van der Waals surface area contributed by atoms with Gasteiger partial charge in [0.05, 0.1) is 6.54 Å². The summed E-state index contributed by atoms with van der Waals surface area (Å²) in [5.41, 5.74) is 0. The molecule has 0 aliphatic rings. The molecule has 0 aliphatic carbocycles. The smallest absolute Gasteiger partial charge is 0.153 e. The number of aromatic nitrogens is 3. The normalized spacial score (nSPS) is 11.1. The van der Waals surface area contributed by atoms with Crippen LogP contribution in [-0.2, 0) is 6.54 Å². The number of nitrogens with one attached hydrogen (secondary N) is 2. The van der Waals surface area contributed by atoms with Gasteiger partial charge in [-0.25, -0.2) is 4.98 Å². The van der Waals surface area contributed by atoms with Crippen molar-refractivity contribution < 1.29 is 0 Å². The molecule has 0 aliphatic heterocycles. The van der Waals surface area contributed by atoms with E-state index in [2.05, 4.69) is 41.3 Å². The van der Waals surface area contributed by atoms with Gasteiger partial charge in [0.1, 0.15) is 5.82 Å². The van der Waals surface area contributed by atoms with Crippen LogP contribution in [-0.4, -0.2) is 21.7 Å².